The van der Waals surface area contributed by atoms with Crippen molar-refractivity contribution in [3.8, 4) is 0 Å². The van der Waals surface area contributed by atoms with Gasteiger partial charge in [0.15, 0.2) is 0 Å². The van der Waals surface area contributed by atoms with E-state index >= 15 is 0 Å². The number of sulfonamides is 1. The predicted molar refractivity (Wildman–Crippen MR) is 85.8 cm³/mol. The molecule has 1 aliphatic heterocycles. The third kappa shape index (κ3) is 4.95. The molecule has 124 valence electrons. The van der Waals surface area contributed by atoms with Gasteiger partial charge in [0.2, 0.25) is 10.0 Å². The van der Waals surface area contributed by atoms with E-state index in [4.69, 9.17) is 0 Å². The van der Waals surface area contributed by atoms with E-state index in [2.05, 4.69) is 14.8 Å². The molecule has 2 rings (SSSR count). The molecular formula is C14H21ClN2O4S. The molecule has 1 aliphatic rings. The van der Waals surface area contributed by atoms with Gasteiger partial charge in [0.1, 0.15) is 0 Å². The first kappa shape index (κ1) is 18.9. The summed E-state index contributed by atoms with van der Waals surface area (Å²) in [5, 5.41) is 3.25. The molecule has 0 aliphatic carbocycles. The van der Waals surface area contributed by atoms with Crippen molar-refractivity contribution >= 4 is 28.4 Å². The molecule has 1 aromatic carbocycles. The molecule has 0 radical (unpaired) electrons. The van der Waals surface area contributed by atoms with Gasteiger partial charge in [-0.25, -0.2) is 17.9 Å². The van der Waals surface area contributed by atoms with Gasteiger partial charge in [-0.2, -0.15) is 0 Å². The molecule has 1 unspecified atom stereocenters. The van der Waals surface area contributed by atoms with Crippen molar-refractivity contribution in [2.45, 2.75) is 17.7 Å². The molecule has 0 amide bonds. The van der Waals surface area contributed by atoms with Crippen LogP contribution in [0.25, 0.3) is 0 Å². The molecule has 2 N–H and O–H groups in total. The number of esters is 1. The quantitative estimate of drug-likeness (QED) is 0.780. The highest BCUT2D eigenvalue weighted by Gasteiger charge is 2.19. The van der Waals surface area contributed by atoms with Crippen LogP contribution in [0.3, 0.4) is 0 Å². The molecule has 1 saturated heterocycles. The molecule has 1 atom stereocenters. The maximum Gasteiger partial charge on any atom is 0.337 e. The van der Waals surface area contributed by atoms with Gasteiger partial charge in [-0.3, -0.25) is 0 Å². The first-order valence-electron chi connectivity index (χ1n) is 6.91. The summed E-state index contributed by atoms with van der Waals surface area (Å²) >= 11 is 0. The van der Waals surface area contributed by atoms with E-state index in [1.54, 1.807) is 0 Å². The minimum Gasteiger partial charge on any atom is -0.465 e. The zero-order valence-corrected chi connectivity index (χ0v) is 14.0. The summed E-state index contributed by atoms with van der Waals surface area (Å²) in [6, 6.07) is 5.71. The minimum atomic E-state index is -3.54. The van der Waals surface area contributed by atoms with Crippen molar-refractivity contribution in [2.75, 3.05) is 26.7 Å². The van der Waals surface area contributed by atoms with Crippen molar-refractivity contribution < 1.29 is 17.9 Å². The highest BCUT2D eigenvalue weighted by atomic mass is 35.5. The summed E-state index contributed by atoms with van der Waals surface area (Å²) in [6.07, 6.45) is 2.09. The average Bonchev–Trinajstić information content (AvgIpc) is 2.53. The molecule has 0 aromatic heterocycles. The summed E-state index contributed by atoms with van der Waals surface area (Å²) in [4.78, 5) is 11.5. The van der Waals surface area contributed by atoms with Crippen LogP contribution in [-0.2, 0) is 14.8 Å². The second kappa shape index (κ2) is 8.47. The lowest BCUT2D eigenvalue weighted by molar-refractivity contribution is 0.0600. The van der Waals surface area contributed by atoms with Crippen LogP contribution in [0.5, 0.6) is 0 Å². The molecule has 1 aromatic rings. The van der Waals surface area contributed by atoms with Gasteiger partial charge in [-0.1, -0.05) is 0 Å². The first-order chi connectivity index (χ1) is 10.0. The van der Waals surface area contributed by atoms with Crippen LogP contribution in [0.15, 0.2) is 29.2 Å². The van der Waals surface area contributed by atoms with E-state index in [9.17, 15) is 13.2 Å². The molecule has 1 fully saturated rings. The van der Waals surface area contributed by atoms with E-state index in [1.165, 1.54) is 31.4 Å². The number of piperidine rings is 1. The summed E-state index contributed by atoms with van der Waals surface area (Å²) in [5.74, 6) is -0.164. The van der Waals surface area contributed by atoms with Crippen LogP contribution >= 0.6 is 12.4 Å². The second-order valence-corrected chi connectivity index (χ2v) is 6.85. The Morgan fingerprint density at radius 2 is 2.05 bits per heavy atom. The maximum atomic E-state index is 12.2. The molecule has 0 saturated carbocycles. The molecule has 6 nitrogen and oxygen atoms in total. The molecule has 0 bridgehead atoms. The predicted octanol–water partition coefficient (Wildman–Crippen LogP) is 1.17. The van der Waals surface area contributed by atoms with Gasteiger partial charge < -0.3 is 10.1 Å². The normalized spacial score (nSPS) is 18.3. The Morgan fingerprint density at radius 3 is 2.59 bits per heavy atom. The fraction of sp³-hybridized carbons (Fsp3) is 0.500. The number of methoxy groups -OCH3 is 1. The average molecular weight is 349 g/mol. The smallest absolute Gasteiger partial charge is 0.337 e. The summed E-state index contributed by atoms with van der Waals surface area (Å²) in [7, 11) is -2.25. The highest BCUT2D eigenvalue weighted by molar-refractivity contribution is 7.89. The lowest BCUT2D eigenvalue weighted by Crippen LogP contribution is -2.38. The van der Waals surface area contributed by atoms with Crippen molar-refractivity contribution in [3.05, 3.63) is 29.8 Å². The van der Waals surface area contributed by atoms with Crippen molar-refractivity contribution in [2.24, 2.45) is 5.92 Å². The third-order valence-corrected chi connectivity index (χ3v) is 4.99. The third-order valence-electron chi connectivity index (χ3n) is 3.55. The number of benzene rings is 1. The molecule has 1 heterocycles. The minimum absolute atomic E-state index is 0. The maximum absolute atomic E-state index is 12.2. The SMILES string of the molecule is COC(=O)c1ccc(S(=O)(=O)NCC2CCCNC2)cc1.Cl. The van der Waals surface area contributed by atoms with Gasteiger partial charge in [-0.15, -0.1) is 12.4 Å². The van der Waals surface area contributed by atoms with E-state index in [-0.39, 0.29) is 17.3 Å². The fourth-order valence-electron chi connectivity index (χ4n) is 2.30. The van der Waals surface area contributed by atoms with Crippen LogP contribution < -0.4 is 10.0 Å². The lowest BCUT2D eigenvalue weighted by Gasteiger charge is -2.22. The van der Waals surface area contributed by atoms with Crippen LogP contribution in [0.2, 0.25) is 0 Å². The first-order valence-corrected chi connectivity index (χ1v) is 8.40. The van der Waals surface area contributed by atoms with Gasteiger partial charge in [0, 0.05) is 6.54 Å². The lowest BCUT2D eigenvalue weighted by atomic mass is 10.0. The molecule has 22 heavy (non-hydrogen) atoms. The Kier molecular flexibility index (Phi) is 7.28. The van der Waals surface area contributed by atoms with Gasteiger partial charge in [0.05, 0.1) is 17.6 Å². The van der Waals surface area contributed by atoms with Gasteiger partial charge in [0.25, 0.3) is 0 Å². The number of nitrogens with one attached hydrogen (secondary N) is 2. The Bertz CT molecular complexity index is 583. The standard InChI is InChI=1S/C14H20N2O4S.ClH/c1-20-14(17)12-4-6-13(7-5-12)21(18,19)16-10-11-3-2-8-15-9-11;/h4-7,11,15-16H,2-3,8-10H2,1H3;1H. The molecule has 8 heteroatoms. The number of hydrogen-bond donors (Lipinski definition) is 2. The fourth-order valence-corrected chi connectivity index (χ4v) is 3.41. The largest absolute Gasteiger partial charge is 0.465 e. The Morgan fingerprint density at radius 1 is 1.36 bits per heavy atom. The Balaban J connectivity index is 0.00000242. The monoisotopic (exact) mass is 348 g/mol. The van der Waals surface area contributed by atoms with Crippen molar-refractivity contribution in [3.63, 3.8) is 0 Å². The topological polar surface area (TPSA) is 84.5 Å². The van der Waals surface area contributed by atoms with E-state index in [0.717, 1.165) is 25.9 Å². The number of carbonyl (C=O) groups excluding carboxylic acids is 1. The summed E-state index contributed by atoms with van der Waals surface area (Å²) < 4.78 is 31.6. The number of hydrogen-bond acceptors (Lipinski definition) is 5. The number of carbonyl (C=O) groups is 1. The zero-order valence-electron chi connectivity index (χ0n) is 12.4. The van der Waals surface area contributed by atoms with Gasteiger partial charge >= 0.3 is 5.97 Å². The summed E-state index contributed by atoms with van der Waals surface area (Å²) in [5.41, 5.74) is 0.327. The van der Waals surface area contributed by atoms with Gasteiger partial charge in [-0.05, 0) is 56.1 Å². The Labute approximate surface area is 137 Å². The van der Waals surface area contributed by atoms with E-state index < -0.39 is 16.0 Å². The van der Waals surface area contributed by atoms with Crippen LogP contribution in [0.1, 0.15) is 23.2 Å². The summed E-state index contributed by atoms with van der Waals surface area (Å²) in [6.45, 7) is 2.26. The van der Waals surface area contributed by atoms with Crippen LogP contribution in [-0.4, -0.2) is 41.1 Å². The second-order valence-electron chi connectivity index (χ2n) is 5.08. The highest BCUT2D eigenvalue weighted by Crippen LogP contribution is 2.13. The number of ether oxygens (including phenoxy) is 1. The van der Waals surface area contributed by atoms with E-state index in [0.29, 0.717) is 18.0 Å². The molecular weight excluding hydrogens is 328 g/mol. The van der Waals surface area contributed by atoms with Crippen LogP contribution in [0, 0.1) is 5.92 Å². The van der Waals surface area contributed by atoms with E-state index in [1.807, 2.05) is 0 Å². The number of rotatable bonds is 5. The van der Waals surface area contributed by atoms with Crippen LogP contribution in [0.4, 0.5) is 0 Å². The van der Waals surface area contributed by atoms with Crippen molar-refractivity contribution in [1.29, 1.82) is 0 Å². The number of halogens is 1. The van der Waals surface area contributed by atoms with Crippen molar-refractivity contribution in [1.82, 2.24) is 10.0 Å². The molecule has 0 spiro atoms. The zero-order chi connectivity index (χ0) is 15.3. The Hall–Kier alpha value is -1.15.